The van der Waals surface area contributed by atoms with Gasteiger partial charge in [-0.3, -0.25) is 15.0 Å². The van der Waals surface area contributed by atoms with Gasteiger partial charge in [0.25, 0.3) is 11.8 Å². The zero-order valence-corrected chi connectivity index (χ0v) is 18.4. The van der Waals surface area contributed by atoms with Gasteiger partial charge in [0.15, 0.2) is 6.10 Å². The molecule has 8 heteroatoms. The first-order valence-corrected chi connectivity index (χ1v) is 10.4. The number of anilines is 1. The van der Waals surface area contributed by atoms with Crippen LogP contribution in [0.15, 0.2) is 66.2 Å². The molecule has 2 heterocycles. The van der Waals surface area contributed by atoms with E-state index in [4.69, 9.17) is 9.84 Å². The highest BCUT2D eigenvalue weighted by molar-refractivity contribution is 6.31. The van der Waals surface area contributed by atoms with Crippen LogP contribution in [0.3, 0.4) is 0 Å². The molecule has 2 N–H and O–H groups in total. The second-order valence-electron chi connectivity index (χ2n) is 7.73. The zero-order chi connectivity index (χ0) is 23.7. The average Bonchev–Trinajstić information content (AvgIpc) is 3.24. The van der Waals surface area contributed by atoms with E-state index in [1.807, 2.05) is 42.7 Å². The highest BCUT2D eigenvalue weighted by atomic mass is 16.5. The fraction of sp³-hybridized carbons (Fsp3) is 0.160. The van der Waals surface area contributed by atoms with Crippen LogP contribution in [0.2, 0.25) is 0 Å². The number of hydrogen-bond donors (Lipinski definition) is 2. The zero-order valence-electron chi connectivity index (χ0n) is 18.4. The second-order valence-corrected chi connectivity index (χ2v) is 7.73. The lowest BCUT2D eigenvalue weighted by molar-refractivity contribution is -0.144. The van der Waals surface area contributed by atoms with Crippen LogP contribution < -0.4 is 15.2 Å². The van der Waals surface area contributed by atoms with Crippen LogP contribution in [-0.2, 0) is 14.4 Å². The number of carbonyl (C=O) groups is 3. The molecule has 1 aromatic heterocycles. The summed E-state index contributed by atoms with van der Waals surface area (Å²) in [5, 5.41) is 10.2. The Morgan fingerprint density at radius 2 is 1.70 bits per heavy atom. The first-order chi connectivity index (χ1) is 15.8. The van der Waals surface area contributed by atoms with Gasteiger partial charge in [0.1, 0.15) is 11.3 Å². The van der Waals surface area contributed by atoms with E-state index in [0.29, 0.717) is 11.4 Å². The molecule has 3 aromatic rings. The van der Waals surface area contributed by atoms with E-state index < -0.39 is 23.9 Å². The molecule has 2 aromatic carbocycles. The van der Waals surface area contributed by atoms with Crippen molar-refractivity contribution in [3.63, 3.8) is 0 Å². The van der Waals surface area contributed by atoms with E-state index in [1.165, 1.54) is 11.9 Å². The first kappa shape index (κ1) is 21.9. The normalized spacial score (nSPS) is 15.6. The Morgan fingerprint density at radius 3 is 2.33 bits per heavy atom. The summed E-state index contributed by atoms with van der Waals surface area (Å²) in [5.41, 5.74) is 6.62. The molecule has 0 saturated carbocycles. The maximum Gasteiger partial charge on any atom is 0.344 e. The molecule has 1 atom stereocenters. The number of benzene rings is 2. The Kier molecular flexibility index (Phi) is 5.74. The van der Waals surface area contributed by atoms with Gasteiger partial charge in [-0.25, -0.2) is 9.80 Å². The summed E-state index contributed by atoms with van der Waals surface area (Å²) in [4.78, 5) is 36.4. The maximum absolute atomic E-state index is 12.9. The Hall–Kier alpha value is -4.33. The number of carboxylic acid groups (broad SMARTS) is 1. The molecule has 2 amide bonds. The molecule has 0 aliphatic carbocycles. The predicted molar refractivity (Wildman–Crippen MR) is 123 cm³/mol. The number of nitrogens with zero attached hydrogens (tertiary/aromatic N) is 2. The Bertz CT molecular complexity index is 1260. The molecule has 0 bridgehead atoms. The lowest BCUT2D eigenvalue weighted by Crippen LogP contribution is -2.35. The van der Waals surface area contributed by atoms with E-state index in [-0.39, 0.29) is 5.57 Å². The van der Waals surface area contributed by atoms with Gasteiger partial charge in [0, 0.05) is 17.1 Å². The van der Waals surface area contributed by atoms with Crippen molar-refractivity contribution in [2.45, 2.75) is 26.9 Å². The van der Waals surface area contributed by atoms with Gasteiger partial charge in [-0.2, -0.15) is 0 Å². The largest absolute Gasteiger partial charge is 0.479 e. The highest BCUT2D eigenvalue weighted by Gasteiger charge is 2.34. The van der Waals surface area contributed by atoms with Crippen LogP contribution in [0, 0.1) is 13.8 Å². The molecule has 0 radical (unpaired) electrons. The molecule has 0 spiro atoms. The van der Waals surface area contributed by atoms with Crippen LogP contribution in [0.4, 0.5) is 5.69 Å². The Morgan fingerprint density at radius 1 is 1.03 bits per heavy atom. The molecule has 4 rings (SSSR count). The SMILES string of the molecule is Cc1cc(C=C2C(=O)NN(c3ccccc3)C2=O)c(C)n1-c1ccc(OC(C)C(=O)O)cc1. The third kappa shape index (κ3) is 4.23. The number of aromatic nitrogens is 1. The minimum Gasteiger partial charge on any atom is -0.479 e. The van der Waals surface area contributed by atoms with Crippen molar-refractivity contribution in [1.82, 2.24) is 9.99 Å². The van der Waals surface area contributed by atoms with Crippen molar-refractivity contribution in [2.75, 3.05) is 5.01 Å². The second kappa shape index (κ2) is 8.66. The quantitative estimate of drug-likeness (QED) is 0.447. The molecule has 1 aliphatic rings. The summed E-state index contributed by atoms with van der Waals surface area (Å²) in [6.07, 6.45) is 0.653. The summed E-state index contributed by atoms with van der Waals surface area (Å²) in [5.74, 6) is -1.45. The number of para-hydroxylation sites is 1. The predicted octanol–water partition coefficient (Wildman–Crippen LogP) is 3.41. The lowest BCUT2D eigenvalue weighted by Gasteiger charge is -2.14. The number of carbonyl (C=O) groups excluding carboxylic acids is 2. The van der Waals surface area contributed by atoms with Gasteiger partial charge in [-0.15, -0.1) is 0 Å². The number of hydrazine groups is 1. The molecule has 1 saturated heterocycles. The lowest BCUT2D eigenvalue weighted by atomic mass is 10.1. The summed E-state index contributed by atoms with van der Waals surface area (Å²) in [6, 6.07) is 17.9. The fourth-order valence-electron chi connectivity index (χ4n) is 3.73. The molecule has 1 aliphatic heterocycles. The summed E-state index contributed by atoms with van der Waals surface area (Å²) < 4.78 is 7.38. The van der Waals surface area contributed by atoms with Crippen molar-refractivity contribution in [3.05, 3.63) is 83.2 Å². The summed E-state index contributed by atoms with van der Waals surface area (Å²) >= 11 is 0. The van der Waals surface area contributed by atoms with Crippen LogP contribution in [0.25, 0.3) is 11.8 Å². The smallest absolute Gasteiger partial charge is 0.344 e. The van der Waals surface area contributed by atoms with Gasteiger partial charge in [-0.05, 0) is 74.9 Å². The molecular weight excluding hydrogens is 422 g/mol. The van der Waals surface area contributed by atoms with E-state index in [0.717, 1.165) is 22.6 Å². The minimum absolute atomic E-state index is 0.0607. The number of aliphatic carboxylic acids is 1. The molecule has 1 unspecified atom stereocenters. The van der Waals surface area contributed by atoms with Crippen molar-refractivity contribution < 1.29 is 24.2 Å². The van der Waals surface area contributed by atoms with Gasteiger partial charge < -0.3 is 14.4 Å². The van der Waals surface area contributed by atoms with Crippen molar-refractivity contribution >= 4 is 29.5 Å². The number of hydrogen-bond acceptors (Lipinski definition) is 4. The van der Waals surface area contributed by atoms with Crippen molar-refractivity contribution in [2.24, 2.45) is 0 Å². The molecule has 8 nitrogen and oxygen atoms in total. The molecule has 33 heavy (non-hydrogen) atoms. The number of rotatable bonds is 6. The third-order valence-corrected chi connectivity index (χ3v) is 5.43. The van der Waals surface area contributed by atoms with Gasteiger partial charge in [0.2, 0.25) is 0 Å². The standard InChI is InChI=1S/C25H23N3O5/c1-15-13-18(14-22-23(29)26-28(24(22)30)20-7-5-4-6-8-20)16(2)27(15)19-9-11-21(12-10-19)33-17(3)25(31)32/h4-14,17H,1-3H3,(H,26,29)(H,31,32). The average molecular weight is 445 g/mol. The maximum atomic E-state index is 12.9. The third-order valence-electron chi connectivity index (χ3n) is 5.43. The van der Waals surface area contributed by atoms with Crippen molar-refractivity contribution in [3.8, 4) is 11.4 Å². The van der Waals surface area contributed by atoms with Crippen LogP contribution in [-0.4, -0.2) is 33.6 Å². The van der Waals surface area contributed by atoms with E-state index in [9.17, 15) is 14.4 Å². The van der Waals surface area contributed by atoms with E-state index in [2.05, 4.69) is 5.43 Å². The Labute approximate surface area is 190 Å². The van der Waals surface area contributed by atoms with Crippen LogP contribution in [0.5, 0.6) is 5.75 Å². The summed E-state index contributed by atoms with van der Waals surface area (Å²) in [6.45, 7) is 5.30. The van der Waals surface area contributed by atoms with E-state index >= 15 is 0 Å². The topological polar surface area (TPSA) is 101 Å². The molecule has 168 valence electrons. The van der Waals surface area contributed by atoms with Crippen molar-refractivity contribution in [1.29, 1.82) is 0 Å². The summed E-state index contributed by atoms with van der Waals surface area (Å²) in [7, 11) is 0. The highest BCUT2D eigenvalue weighted by Crippen LogP contribution is 2.27. The van der Waals surface area contributed by atoms with Crippen LogP contribution in [0.1, 0.15) is 23.9 Å². The first-order valence-electron chi connectivity index (χ1n) is 10.4. The monoisotopic (exact) mass is 445 g/mol. The fourth-order valence-corrected chi connectivity index (χ4v) is 3.73. The number of nitrogens with one attached hydrogen (secondary N) is 1. The Balaban J connectivity index is 1.62. The minimum atomic E-state index is -1.04. The van der Waals surface area contributed by atoms with Gasteiger partial charge in [-0.1, -0.05) is 18.2 Å². The number of amides is 2. The molecule has 1 fully saturated rings. The molecular formula is C25H23N3O5. The number of carboxylic acids is 1. The van der Waals surface area contributed by atoms with Gasteiger partial charge in [0.05, 0.1) is 5.69 Å². The number of aryl methyl sites for hydroxylation is 1. The van der Waals surface area contributed by atoms with Crippen LogP contribution >= 0.6 is 0 Å². The van der Waals surface area contributed by atoms with E-state index in [1.54, 1.807) is 42.5 Å². The number of ether oxygens (including phenoxy) is 1. The van der Waals surface area contributed by atoms with Gasteiger partial charge >= 0.3 is 5.97 Å².